The zero-order chi connectivity index (χ0) is 19.2. The lowest BCUT2D eigenvalue weighted by Gasteiger charge is -2.13. The Balaban J connectivity index is 1.48. The second-order valence-corrected chi connectivity index (χ2v) is 6.26. The maximum Gasteiger partial charge on any atom is 0.231 e. The van der Waals surface area contributed by atoms with E-state index in [2.05, 4.69) is 10.6 Å². The lowest BCUT2D eigenvalue weighted by molar-refractivity contribution is -0.116. The molecule has 0 atom stereocenters. The van der Waals surface area contributed by atoms with Crippen LogP contribution in [-0.4, -0.2) is 33.5 Å². The van der Waals surface area contributed by atoms with Gasteiger partial charge in [0.2, 0.25) is 12.7 Å². The minimum absolute atomic E-state index is 0.143. The summed E-state index contributed by atoms with van der Waals surface area (Å²) in [6, 6.07) is 9.02. The van der Waals surface area contributed by atoms with Gasteiger partial charge in [-0.25, -0.2) is 0 Å². The average Bonchev–Trinajstić information content (AvgIpc) is 3.14. The van der Waals surface area contributed by atoms with Crippen molar-refractivity contribution in [3.8, 4) is 23.0 Å². The van der Waals surface area contributed by atoms with Crippen molar-refractivity contribution in [3.63, 3.8) is 0 Å². The van der Waals surface area contributed by atoms with Crippen LogP contribution in [0.2, 0.25) is 5.02 Å². The van der Waals surface area contributed by atoms with Gasteiger partial charge in [0.05, 0.1) is 24.9 Å². The predicted octanol–water partition coefficient (Wildman–Crippen LogP) is 3.20. The number of carbonyl (C=O) groups is 1. The van der Waals surface area contributed by atoms with E-state index in [4.69, 9.17) is 30.5 Å². The smallest absolute Gasteiger partial charge is 0.231 e. The van der Waals surface area contributed by atoms with Crippen molar-refractivity contribution in [2.45, 2.75) is 13.0 Å². The van der Waals surface area contributed by atoms with Gasteiger partial charge in [-0.05, 0) is 17.7 Å². The quantitative estimate of drug-likeness (QED) is 0.672. The van der Waals surface area contributed by atoms with Crippen LogP contribution in [-0.2, 0) is 11.3 Å². The second kappa shape index (κ2) is 8.83. The number of halogens is 1. The first-order valence-corrected chi connectivity index (χ1v) is 8.79. The molecule has 7 nitrogen and oxygen atoms in total. The Labute approximate surface area is 162 Å². The summed E-state index contributed by atoms with van der Waals surface area (Å²) in [5.41, 5.74) is 1.57. The van der Waals surface area contributed by atoms with Gasteiger partial charge >= 0.3 is 0 Å². The Morgan fingerprint density at radius 1 is 1.11 bits per heavy atom. The highest BCUT2D eigenvalue weighted by atomic mass is 35.5. The largest absolute Gasteiger partial charge is 0.495 e. The molecule has 0 fully saturated rings. The van der Waals surface area contributed by atoms with Crippen LogP contribution < -0.4 is 29.6 Å². The molecule has 0 radical (unpaired) electrons. The number of nitrogens with one attached hydrogen (secondary N) is 2. The van der Waals surface area contributed by atoms with Crippen molar-refractivity contribution in [2.24, 2.45) is 0 Å². The Bertz CT molecular complexity index is 828. The fourth-order valence-electron chi connectivity index (χ4n) is 2.66. The van der Waals surface area contributed by atoms with E-state index in [9.17, 15) is 4.79 Å². The number of hydrogen-bond donors (Lipinski definition) is 2. The maximum absolute atomic E-state index is 12.2. The first-order chi connectivity index (χ1) is 13.1. The molecule has 0 saturated carbocycles. The third-order valence-corrected chi connectivity index (χ3v) is 4.34. The molecule has 2 N–H and O–H groups in total. The van der Waals surface area contributed by atoms with Gasteiger partial charge in [-0.2, -0.15) is 0 Å². The van der Waals surface area contributed by atoms with E-state index in [0.29, 0.717) is 41.7 Å². The van der Waals surface area contributed by atoms with Gasteiger partial charge in [0.25, 0.3) is 0 Å². The summed E-state index contributed by atoms with van der Waals surface area (Å²) in [4.78, 5) is 12.2. The molecular formula is C19H21ClN2O5. The molecule has 1 amide bonds. The topological polar surface area (TPSA) is 78.1 Å². The van der Waals surface area contributed by atoms with Crippen molar-refractivity contribution in [1.29, 1.82) is 0 Å². The zero-order valence-electron chi connectivity index (χ0n) is 15.1. The third-order valence-electron chi connectivity index (χ3n) is 4.04. The first kappa shape index (κ1) is 19.1. The fourth-order valence-corrected chi connectivity index (χ4v) is 2.89. The van der Waals surface area contributed by atoms with Crippen molar-refractivity contribution in [1.82, 2.24) is 5.32 Å². The minimum Gasteiger partial charge on any atom is -0.495 e. The summed E-state index contributed by atoms with van der Waals surface area (Å²) in [6.45, 7) is 1.40. The summed E-state index contributed by atoms with van der Waals surface area (Å²) < 4.78 is 21.1. The van der Waals surface area contributed by atoms with Crippen LogP contribution in [0.3, 0.4) is 0 Å². The van der Waals surface area contributed by atoms with Gasteiger partial charge in [0.1, 0.15) is 11.5 Å². The summed E-state index contributed by atoms with van der Waals surface area (Å²) in [7, 11) is 3.03. The number of hydrogen-bond acceptors (Lipinski definition) is 6. The van der Waals surface area contributed by atoms with Crippen LogP contribution in [0.4, 0.5) is 5.69 Å². The van der Waals surface area contributed by atoms with E-state index in [1.165, 1.54) is 14.2 Å². The first-order valence-electron chi connectivity index (χ1n) is 8.41. The molecule has 27 heavy (non-hydrogen) atoms. The lowest BCUT2D eigenvalue weighted by Crippen LogP contribution is -2.21. The zero-order valence-corrected chi connectivity index (χ0v) is 15.9. The molecule has 2 aromatic carbocycles. The predicted molar refractivity (Wildman–Crippen MR) is 102 cm³/mol. The Morgan fingerprint density at radius 2 is 1.89 bits per heavy atom. The summed E-state index contributed by atoms with van der Waals surface area (Å²) >= 11 is 6.07. The molecule has 8 heteroatoms. The highest BCUT2D eigenvalue weighted by Gasteiger charge is 2.14. The van der Waals surface area contributed by atoms with Crippen LogP contribution in [0.25, 0.3) is 0 Å². The van der Waals surface area contributed by atoms with Gasteiger partial charge in [-0.3, -0.25) is 4.79 Å². The number of amides is 1. The highest BCUT2D eigenvalue weighted by Crippen LogP contribution is 2.36. The van der Waals surface area contributed by atoms with Crippen molar-refractivity contribution < 1.29 is 23.7 Å². The van der Waals surface area contributed by atoms with Crippen molar-refractivity contribution in [3.05, 3.63) is 40.9 Å². The Kier molecular flexibility index (Phi) is 6.26. The number of rotatable bonds is 8. The normalized spacial score (nSPS) is 12.0. The van der Waals surface area contributed by atoms with Crippen LogP contribution in [0.15, 0.2) is 30.3 Å². The fraction of sp³-hybridized carbons (Fsp3) is 0.316. The van der Waals surface area contributed by atoms with Gasteiger partial charge in [-0.15, -0.1) is 0 Å². The van der Waals surface area contributed by atoms with Gasteiger partial charge in [0, 0.05) is 31.6 Å². The Hall–Kier alpha value is -2.64. The van der Waals surface area contributed by atoms with Crippen LogP contribution in [0, 0.1) is 0 Å². The Morgan fingerprint density at radius 3 is 2.67 bits per heavy atom. The molecule has 0 saturated heterocycles. The van der Waals surface area contributed by atoms with E-state index < -0.39 is 0 Å². The SMILES string of the molecule is COc1cc(NC(=O)CCNCc2ccc3c(c2)OCO3)c(OC)cc1Cl. The van der Waals surface area contributed by atoms with Crippen LogP contribution >= 0.6 is 11.6 Å². The van der Waals surface area contributed by atoms with Crippen molar-refractivity contribution >= 4 is 23.2 Å². The van der Waals surface area contributed by atoms with E-state index in [1.54, 1.807) is 12.1 Å². The molecule has 2 aromatic rings. The summed E-state index contributed by atoms with van der Waals surface area (Å²) in [5.74, 6) is 2.30. The number of anilines is 1. The van der Waals surface area contributed by atoms with Gasteiger partial charge in [-0.1, -0.05) is 17.7 Å². The van der Waals surface area contributed by atoms with Crippen molar-refractivity contribution in [2.75, 3.05) is 32.9 Å². The van der Waals surface area contributed by atoms with E-state index in [1.807, 2.05) is 18.2 Å². The molecule has 0 aromatic heterocycles. The molecule has 1 aliphatic rings. The number of methoxy groups -OCH3 is 2. The second-order valence-electron chi connectivity index (χ2n) is 5.85. The summed E-state index contributed by atoms with van der Waals surface area (Å²) in [5, 5.41) is 6.47. The van der Waals surface area contributed by atoms with E-state index >= 15 is 0 Å². The van der Waals surface area contributed by atoms with Gasteiger partial charge < -0.3 is 29.6 Å². The molecule has 0 unspecified atom stereocenters. The molecule has 1 heterocycles. The molecule has 0 spiro atoms. The molecule has 144 valence electrons. The number of benzene rings is 2. The lowest BCUT2D eigenvalue weighted by atomic mass is 10.2. The van der Waals surface area contributed by atoms with Gasteiger partial charge in [0.15, 0.2) is 11.5 Å². The minimum atomic E-state index is -0.143. The number of carbonyl (C=O) groups excluding carboxylic acids is 1. The number of ether oxygens (including phenoxy) is 4. The molecule has 1 aliphatic heterocycles. The highest BCUT2D eigenvalue weighted by molar-refractivity contribution is 6.32. The van der Waals surface area contributed by atoms with Crippen LogP contribution in [0.1, 0.15) is 12.0 Å². The molecule has 0 bridgehead atoms. The monoisotopic (exact) mass is 392 g/mol. The number of fused-ring (bicyclic) bond motifs is 1. The molecule has 3 rings (SSSR count). The van der Waals surface area contributed by atoms with E-state index in [0.717, 1.165) is 17.1 Å². The third kappa shape index (κ3) is 4.75. The molecular weight excluding hydrogens is 372 g/mol. The molecule has 0 aliphatic carbocycles. The van der Waals surface area contributed by atoms with Crippen LogP contribution in [0.5, 0.6) is 23.0 Å². The maximum atomic E-state index is 12.2. The summed E-state index contributed by atoms with van der Waals surface area (Å²) in [6.07, 6.45) is 0.304. The van der Waals surface area contributed by atoms with E-state index in [-0.39, 0.29) is 12.7 Å². The average molecular weight is 393 g/mol. The standard InChI is InChI=1S/C19H21ClN2O5/c1-24-16-9-14(17(25-2)8-13(16)20)22-19(23)5-6-21-10-12-3-4-15-18(7-12)27-11-26-15/h3-4,7-9,21H,5-6,10-11H2,1-2H3,(H,22,23).